The van der Waals surface area contributed by atoms with E-state index in [1.54, 1.807) is 42.2 Å². The van der Waals surface area contributed by atoms with E-state index in [9.17, 15) is 23.6 Å². The standard InChI is InChI=1S/C19H23N3O5S/c1-2-21(15-7-4-3-5-8-15)28(26,27)17-10-11-18(19(13-17)22(24)25)20-12-6-9-16(23)14-20/h3-5,7-8,10-11,13,16,23H,2,6,9,12,14H2,1H3. The van der Waals surface area contributed by atoms with Crippen LogP contribution in [0.25, 0.3) is 0 Å². The zero-order chi connectivity index (χ0) is 20.3. The number of nitro groups is 1. The minimum Gasteiger partial charge on any atom is -0.391 e. The second-order valence-electron chi connectivity index (χ2n) is 6.66. The molecule has 3 rings (SSSR count). The molecule has 1 N–H and O–H groups in total. The van der Waals surface area contributed by atoms with Crippen LogP contribution in [0.15, 0.2) is 53.4 Å². The maximum Gasteiger partial charge on any atom is 0.293 e. The molecular weight excluding hydrogens is 382 g/mol. The van der Waals surface area contributed by atoms with E-state index in [-0.39, 0.29) is 23.7 Å². The second-order valence-corrected chi connectivity index (χ2v) is 8.52. The van der Waals surface area contributed by atoms with Crippen LogP contribution in [0, 0.1) is 10.1 Å². The molecule has 0 amide bonds. The van der Waals surface area contributed by atoms with E-state index >= 15 is 0 Å². The summed E-state index contributed by atoms with van der Waals surface area (Å²) in [5.74, 6) is 0. The van der Waals surface area contributed by atoms with Crippen molar-refractivity contribution < 1.29 is 18.4 Å². The van der Waals surface area contributed by atoms with E-state index in [2.05, 4.69) is 0 Å². The average molecular weight is 405 g/mol. The van der Waals surface area contributed by atoms with Gasteiger partial charge in [-0.3, -0.25) is 14.4 Å². The molecule has 1 aliphatic heterocycles. The Morgan fingerprint density at radius 1 is 1.25 bits per heavy atom. The molecule has 9 heteroatoms. The number of para-hydroxylation sites is 1. The number of benzene rings is 2. The summed E-state index contributed by atoms with van der Waals surface area (Å²) < 4.78 is 27.5. The maximum atomic E-state index is 13.1. The number of rotatable bonds is 6. The lowest BCUT2D eigenvalue weighted by Gasteiger charge is -2.31. The molecule has 150 valence electrons. The predicted octanol–water partition coefficient (Wildman–Crippen LogP) is 2.77. The summed E-state index contributed by atoms with van der Waals surface area (Å²) in [7, 11) is -3.96. The van der Waals surface area contributed by atoms with Gasteiger partial charge in [0.15, 0.2) is 0 Å². The van der Waals surface area contributed by atoms with Crippen molar-refractivity contribution >= 4 is 27.1 Å². The van der Waals surface area contributed by atoms with Crippen molar-refractivity contribution in [3.8, 4) is 0 Å². The van der Waals surface area contributed by atoms with Crippen LogP contribution in [0.3, 0.4) is 0 Å². The van der Waals surface area contributed by atoms with Crippen molar-refractivity contribution in [2.75, 3.05) is 28.8 Å². The number of anilines is 2. The number of piperidine rings is 1. The van der Waals surface area contributed by atoms with Crippen LogP contribution < -0.4 is 9.21 Å². The van der Waals surface area contributed by atoms with Crippen LogP contribution in [0.1, 0.15) is 19.8 Å². The van der Waals surface area contributed by atoms with Crippen LogP contribution in [0.4, 0.5) is 17.1 Å². The minimum absolute atomic E-state index is 0.133. The van der Waals surface area contributed by atoms with Gasteiger partial charge in [0, 0.05) is 25.7 Å². The van der Waals surface area contributed by atoms with Gasteiger partial charge in [0.05, 0.1) is 21.6 Å². The molecule has 2 aromatic rings. The van der Waals surface area contributed by atoms with Gasteiger partial charge in [0.1, 0.15) is 5.69 Å². The number of aliphatic hydroxyl groups is 1. The SMILES string of the molecule is CCN(c1ccccc1)S(=O)(=O)c1ccc(N2CCCC(O)C2)c([N+](=O)[O-])c1. The Morgan fingerprint density at radius 2 is 1.96 bits per heavy atom. The van der Waals surface area contributed by atoms with E-state index in [0.717, 1.165) is 12.5 Å². The number of nitrogens with zero attached hydrogens (tertiary/aromatic N) is 3. The molecule has 1 heterocycles. The van der Waals surface area contributed by atoms with E-state index in [0.29, 0.717) is 24.3 Å². The van der Waals surface area contributed by atoms with Gasteiger partial charge in [-0.15, -0.1) is 0 Å². The number of hydrogen-bond acceptors (Lipinski definition) is 6. The van der Waals surface area contributed by atoms with Crippen molar-refractivity contribution in [3.63, 3.8) is 0 Å². The van der Waals surface area contributed by atoms with Crippen molar-refractivity contribution in [1.29, 1.82) is 0 Å². The molecule has 0 radical (unpaired) electrons. The Bertz CT molecular complexity index is 949. The zero-order valence-electron chi connectivity index (χ0n) is 15.6. The molecule has 28 heavy (non-hydrogen) atoms. The number of β-amino-alcohol motifs (C(OH)–C–C–N with tert-alkyl or cyclic N) is 1. The lowest BCUT2D eigenvalue weighted by Crippen LogP contribution is -2.38. The molecule has 0 spiro atoms. The number of nitro benzene ring substituents is 1. The van der Waals surface area contributed by atoms with Crippen LogP contribution in [-0.4, -0.2) is 44.2 Å². The topological polar surface area (TPSA) is 104 Å². The molecule has 2 aromatic carbocycles. The normalized spacial score (nSPS) is 17.4. The fourth-order valence-corrected chi connectivity index (χ4v) is 4.96. The Hall–Kier alpha value is -2.65. The van der Waals surface area contributed by atoms with Gasteiger partial charge in [-0.25, -0.2) is 8.42 Å². The summed E-state index contributed by atoms with van der Waals surface area (Å²) in [6.45, 7) is 2.77. The summed E-state index contributed by atoms with van der Waals surface area (Å²) >= 11 is 0. The van der Waals surface area contributed by atoms with E-state index in [4.69, 9.17) is 0 Å². The number of aliphatic hydroxyl groups excluding tert-OH is 1. The summed E-state index contributed by atoms with van der Waals surface area (Å²) in [6, 6.07) is 12.6. The van der Waals surface area contributed by atoms with Gasteiger partial charge >= 0.3 is 0 Å². The number of sulfonamides is 1. The third-order valence-electron chi connectivity index (χ3n) is 4.80. The second kappa shape index (κ2) is 8.15. The molecule has 0 saturated carbocycles. The summed E-state index contributed by atoms with van der Waals surface area (Å²) in [5, 5.41) is 21.5. The van der Waals surface area contributed by atoms with E-state index in [1.165, 1.54) is 16.4 Å². The van der Waals surface area contributed by atoms with Crippen molar-refractivity contribution in [1.82, 2.24) is 0 Å². The quantitative estimate of drug-likeness (QED) is 0.585. The van der Waals surface area contributed by atoms with Crippen molar-refractivity contribution in [2.45, 2.75) is 30.8 Å². The Kier molecular flexibility index (Phi) is 5.85. The summed E-state index contributed by atoms with van der Waals surface area (Å²) in [6.07, 6.45) is 0.820. The summed E-state index contributed by atoms with van der Waals surface area (Å²) in [5.41, 5.74) is 0.542. The first-order chi connectivity index (χ1) is 13.3. The number of hydrogen-bond donors (Lipinski definition) is 1. The lowest BCUT2D eigenvalue weighted by molar-refractivity contribution is -0.384. The van der Waals surface area contributed by atoms with Gasteiger partial charge in [0.25, 0.3) is 15.7 Å². The molecule has 1 saturated heterocycles. The van der Waals surface area contributed by atoms with Gasteiger partial charge in [0.2, 0.25) is 0 Å². The predicted molar refractivity (Wildman–Crippen MR) is 107 cm³/mol. The Morgan fingerprint density at radius 3 is 2.57 bits per heavy atom. The average Bonchev–Trinajstić information content (AvgIpc) is 2.68. The summed E-state index contributed by atoms with van der Waals surface area (Å²) in [4.78, 5) is 12.7. The highest BCUT2D eigenvalue weighted by molar-refractivity contribution is 7.92. The fraction of sp³-hybridized carbons (Fsp3) is 0.368. The van der Waals surface area contributed by atoms with Crippen LogP contribution in [-0.2, 0) is 10.0 Å². The van der Waals surface area contributed by atoms with E-state index in [1.807, 2.05) is 0 Å². The molecule has 1 unspecified atom stereocenters. The highest BCUT2D eigenvalue weighted by Crippen LogP contribution is 2.34. The minimum atomic E-state index is -3.96. The third-order valence-corrected chi connectivity index (χ3v) is 6.70. The molecule has 0 bridgehead atoms. The van der Waals surface area contributed by atoms with Crippen LogP contribution in [0.5, 0.6) is 0 Å². The third kappa shape index (κ3) is 3.95. The highest BCUT2D eigenvalue weighted by Gasteiger charge is 2.29. The fourth-order valence-electron chi connectivity index (χ4n) is 3.46. The lowest BCUT2D eigenvalue weighted by atomic mass is 10.1. The van der Waals surface area contributed by atoms with Gasteiger partial charge < -0.3 is 10.0 Å². The zero-order valence-corrected chi connectivity index (χ0v) is 16.4. The molecule has 0 aliphatic carbocycles. The first kappa shape index (κ1) is 20.1. The largest absolute Gasteiger partial charge is 0.391 e. The molecule has 1 aliphatic rings. The molecule has 0 aromatic heterocycles. The molecule has 1 fully saturated rings. The van der Waals surface area contributed by atoms with Gasteiger partial charge in [-0.2, -0.15) is 0 Å². The van der Waals surface area contributed by atoms with Crippen molar-refractivity contribution in [3.05, 3.63) is 58.6 Å². The Labute approximate surface area is 164 Å². The monoisotopic (exact) mass is 405 g/mol. The molecule has 1 atom stereocenters. The Balaban J connectivity index is 2.02. The van der Waals surface area contributed by atoms with Gasteiger partial charge in [-0.1, -0.05) is 18.2 Å². The first-order valence-electron chi connectivity index (χ1n) is 9.14. The first-order valence-corrected chi connectivity index (χ1v) is 10.6. The van der Waals surface area contributed by atoms with Crippen LogP contribution in [0.2, 0.25) is 0 Å². The van der Waals surface area contributed by atoms with Crippen molar-refractivity contribution in [2.24, 2.45) is 0 Å². The smallest absolute Gasteiger partial charge is 0.293 e. The maximum absolute atomic E-state index is 13.1. The highest BCUT2D eigenvalue weighted by atomic mass is 32.2. The molecule has 8 nitrogen and oxygen atoms in total. The van der Waals surface area contributed by atoms with Crippen LogP contribution >= 0.6 is 0 Å². The van der Waals surface area contributed by atoms with E-state index < -0.39 is 21.1 Å². The molecular formula is C19H23N3O5S. The van der Waals surface area contributed by atoms with Gasteiger partial charge in [-0.05, 0) is 44.0 Å².